The predicted octanol–water partition coefficient (Wildman–Crippen LogP) is 3.56. The van der Waals surface area contributed by atoms with E-state index >= 15 is 0 Å². The van der Waals surface area contributed by atoms with E-state index in [4.69, 9.17) is 9.47 Å². The van der Waals surface area contributed by atoms with E-state index < -0.39 is 16.1 Å². The Morgan fingerprint density at radius 2 is 0.932 bits per heavy atom. The van der Waals surface area contributed by atoms with Gasteiger partial charge in [-0.1, -0.05) is 104 Å². The average molecular weight is 742 g/mol. The van der Waals surface area contributed by atoms with Crippen LogP contribution < -0.4 is 24.8 Å². The van der Waals surface area contributed by atoms with Gasteiger partial charge < -0.3 is 34.3 Å². The van der Waals surface area contributed by atoms with Crippen LogP contribution >= 0.6 is 0 Å². The number of rotatable bonds is 6. The molecule has 0 aliphatic heterocycles. The van der Waals surface area contributed by atoms with Crippen LogP contribution in [0.1, 0.15) is 67.2 Å². The molecule has 240 valence electrons. The van der Waals surface area contributed by atoms with Crippen molar-refractivity contribution in [2.24, 2.45) is 10.8 Å². The van der Waals surface area contributed by atoms with Crippen molar-refractivity contribution in [1.29, 1.82) is 0 Å². The molecule has 4 aliphatic carbocycles. The van der Waals surface area contributed by atoms with Crippen molar-refractivity contribution in [1.82, 2.24) is 0 Å². The van der Waals surface area contributed by atoms with Crippen LogP contribution in [-0.4, -0.2) is 40.8 Å². The van der Waals surface area contributed by atoms with Crippen LogP contribution in [0.15, 0.2) is 82.3 Å². The van der Waals surface area contributed by atoms with E-state index in [0.717, 1.165) is 25.7 Å². The number of ether oxygens (including phenoxy) is 2. The summed E-state index contributed by atoms with van der Waals surface area (Å²) in [5.74, 6) is 0. The van der Waals surface area contributed by atoms with Crippen molar-refractivity contribution in [3.63, 3.8) is 0 Å². The number of methoxy groups -OCH3 is 2. The topological polar surface area (TPSA) is 18.5 Å². The van der Waals surface area contributed by atoms with E-state index in [1.165, 1.54) is 21.5 Å². The van der Waals surface area contributed by atoms with Crippen molar-refractivity contribution in [2.45, 2.75) is 104 Å². The molecule has 0 aromatic carbocycles. The summed E-state index contributed by atoms with van der Waals surface area (Å²) >= 11 is 0. The van der Waals surface area contributed by atoms with Gasteiger partial charge in [-0.25, -0.2) is 22.5 Å². The fraction of sp³-hybridized carbons (Fsp3) is 0.556. The standard InChI is InChI=1S/2C18H27OSi.2ClH.2Ti/c2*1-17(2,3)16-13-9-10-14-18(16,19-4)20(5,6)15-11-7-8-12-15;;;;/h2*7,9-11,13H,8,14H2,1-6H3;2*1H;;/q2*-1;;;2*+2/p-2. The Bertz CT molecular complexity index is 1120. The van der Waals surface area contributed by atoms with Crippen LogP contribution in [0.5, 0.6) is 0 Å². The van der Waals surface area contributed by atoms with E-state index in [0.29, 0.717) is 0 Å². The van der Waals surface area contributed by atoms with E-state index in [1.54, 1.807) is 0 Å². The SMILES string of the molecule is COC1([Si](C)(C)C2=[C-]CC=C2)CC=CC=C1C(C)(C)C.COC1([Si](C)(C)C2=[C-]CC=C2)CC=CC=C1C(C)(C)C.[Cl-].[Cl-].[Ti+2].[Ti+2]. The van der Waals surface area contributed by atoms with E-state index in [1.807, 2.05) is 14.2 Å². The molecular weight excluding hydrogens is 687 g/mol. The van der Waals surface area contributed by atoms with Crippen molar-refractivity contribution in [3.05, 3.63) is 94.5 Å². The Hall–Kier alpha value is 0.282. The first kappa shape index (κ1) is 46.4. The molecule has 44 heavy (non-hydrogen) atoms. The molecule has 0 bridgehead atoms. The zero-order chi connectivity index (χ0) is 30.0. The Morgan fingerprint density at radius 1 is 0.614 bits per heavy atom. The minimum atomic E-state index is -1.82. The second-order valence-corrected chi connectivity index (χ2v) is 23.8. The van der Waals surface area contributed by atoms with Crippen molar-refractivity contribution >= 4 is 16.1 Å². The first-order valence-electron chi connectivity index (χ1n) is 14.9. The van der Waals surface area contributed by atoms with Gasteiger partial charge in [-0.15, -0.1) is 12.8 Å². The molecule has 0 N–H and O–H groups in total. The molecule has 0 spiro atoms. The van der Waals surface area contributed by atoms with Gasteiger partial charge in [-0.2, -0.15) is 12.2 Å². The van der Waals surface area contributed by atoms with Crippen LogP contribution in [0.4, 0.5) is 0 Å². The monoisotopic (exact) mass is 740 g/mol. The zero-order valence-corrected chi connectivity index (χ0v) is 35.8. The number of allylic oxidation sites excluding steroid dienone is 12. The third kappa shape index (κ3) is 8.84. The van der Waals surface area contributed by atoms with Gasteiger partial charge in [0.25, 0.3) is 0 Å². The maximum absolute atomic E-state index is 6.24. The third-order valence-electron chi connectivity index (χ3n) is 9.55. The summed E-state index contributed by atoms with van der Waals surface area (Å²) < 4.78 is 12.5. The number of hydrogen-bond donors (Lipinski definition) is 0. The summed E-state index contributed by atoms with van der Waals surface area (Å²) in [6.45, 7) is 23.4. The van der Waals surface area contributed by atoms with E-state index in [-0.39, 0.29) is 89.5 Å². The molecule has 0 heterocycles. The van der Waals surface area contributed by atoms with Crippen LogP contribution in [0.3, 0.4) is 0 Å². The molecule has 0 saturated heterocycles. The van der Waals surface area contributed by atoms with Gasteiger partial charge in [0, 0.05) is 14.2 Å². The Balaban J connectivity index is 0. The molecule has 0 radical (unpaired) electrons. The average Bonchev–Trinajstić information content (AvgIpc) is 3.63. The van der Waals surface area contributed by atoms with Crippen LogP contribution in [0.2, 0.25) is 26.2 Å². The maximum atomic E-state index is 6.24. The van der Waals surface area contributed by atoms with Crippen molar-refractivity contribution in [3.8, 4) is 0 Å². The Morgan fingerprint density at radius 3 is 1.16 bits per heavy atom. The van der Waals surface area contributed by atoms with Gasteiger partial charge in [0.1, 0.15) is 0 Å². The number of hydrogen-bond acceptors (Lipinski definition) is 2. The second kappa shape index (κ2) is 17.6. The summed E-state index contributed by atoms with van der Waals surface area (Å²) in [6, 6.07) is 0. The third-order valence-corrected chi connectivity index (χ3v) is 18.3. The van der Waals surface area contributed by atoms with Gasteiger partial charge in [-0.05, 0) is 34.8 Å². The maximum Gasteiger partial charge on any atom is 2.00 e. The molecule has 4 aliphatic rings. The molecule has 2 atom stereocenters. The summed E-state index contributed by atoms with van der Waals surface area (Å²) in [5, 5.41) is 2.50. The molecule has 4 rings (SSSR count). The first-order chi connectivity index (χ1) is 18.5. The molecule has 0 saturated carbocycles. The van der Waals surface area contributed by atoms with Gasteiger partial charge >= 0.3 is 43.4 Å². The molecule has 8 heteroatoms. The molecule has 2 nitrogen and oxygen atoms in total. The minimum absolute atomic E-state index is 0. The molecule has 2 unspecified atom stereocenters. The molecular formula is C36H54Cl2O2Si2Ti2. The summed E-state index contributed by atoms with van der Waals surface area (Å²) in [6.07, 6.45) is 33.4. The van der Waals surface area contributed by atoms with Crippen LogP contribution in [-0.2, 0) is 52.9 Å². The van der Waals surface area contributed by atoms with Gasteiger partial charge in [0.15, 0.2) is 0 Å². The fourth-order valence-electron chi connectivity index (χ4n) is 7.18. The van der Waals surface area contributed by atoms with Crippen molar-refractivity contribution in [2.75, 3.05) is 14.2 Å². The predicted molar refractivity (Wildman–Crippen MR) is 178 cm³/mol. The zero-order valence-electron chi connectivity index (χ0n) is 29.2. The Labute approximate surface area is 314 Å². The summed E-state index contributed by atoms with van der Waals surface area (Å²) in [5.41, 5.74) is 3.10. The Kier molecular flexibility index (Phi) is 18.6. The summed E-state index contributed by atoms with van der Waals surface area (Å²) in [4.78, 5) is 0. The largest absolute Gasteiger partial charge is 2.00 e. The molecule has 0 aromatic rings. The van der Waals surface area contributed by atoms with Gasteiger partial charge in [0.2, 0.25) is 0 Å². The quantitative estimate of drug-likeness (QED) is 0.307. The van der Waals surface area contributed by atoms with Gasteiger partial charge in [-0.3, -0.25) is 12.2 Å². The van der Waals surface area contributed by atoms with E-state index in [2.05, 4.69) is 141 Å². The van der Waals surface area contributed by atoms with Gasteiger partial charge in [0.05, 0.1) is 26.6 Å². The first-order valence-corrected chi connectivity index (χ1v) is 20.9. The van der Waals surface area contributed by atoms with E-state index in [9.17, 15) is 0 Å². The summed E-state index contributed by atoms with van der Waals surface area (Å²) in [7, 11) is 0.132. The molecule has 0 amide bonds. The fourth-order valence-corrected chi connectivity index (χ4v) is 14.7. The minimum Gasteiger partial charge on any atom is -1.00 e. The second-order valence-electron chi connectivity index (χ2n) is 14.6. The van der Waals surface area contributed by atoms with Crippen molar-refractivity contribution < 1.29 is 77.7 Å². The molecule has 0 aromatic heterocycles. The normalized spacial score (nSPS) is 24.3. The van der Waals surface area contributed by atoms with Crippen LogP contribution in [0.25, 0.3) is 0 Å². The van der Waals surface area contributed by atoms with Crippen LogP contribution in [0, 0.1) is 23.0 Å². The number of halogens is 2. The smallest absolute Gasteiger partial charge is 1.00 e. The molecule has 0 fully saturated rings.